The van der Waals surface area contributed by atoms with E-state index < -0.39 is 5.60 Å². The number of methoxy groups -OCH3 is 1. The van der Waals surface area contributed by atoms with E-state index >= 15 is 0 Å². The van der Waals surface area contributed by atoms with Crippen molar-refractivity contribution in [3.63, 3.8) is 0 Å². The van der Waals surface area contributed by atoms with E-state index in [0.29, 0.717) is 5.75 Å². The molecule has 0 spiro atoms. The van der Waals surface area contributed by atoms with Gasteiger partial charge in [-0.05, 0) is 74.6 Å². The minimum atomic E-state index is -1.06. The predicted octanol–water partition coefficient (Wildman–Crippen LogP) is 6.51. The van der Waals surface area contributed by atoms with Crippen molar-refractivity contribution in [2.45, 2.75) is 57.3 Å². The molecule has 0 saturated heterocycles. The van der Waals surface area contributed by atoms with Gasteiger partial charge in [0.15, 0.2) is 5.60 Å². The largest absolute Gasteiger partial charge is 0.497 e. The second-order valence-electron chi connectivity index (χ2n) is 7.80. The molecule has 0 radical (unpaired) electrons. The number of ether oxygens (including phenoxy) is 3. The highest BCUT2D eigenvalue weighted by Gasteiger charge is 2.36. The smallest absolute Gasteiger partial charge is 0.350 e. The van der Waals surface area contributed by atoms with Crippen LogP contribution in [-0.2, 0) is 13.6 Å². The Morgan fingerprint density at radius 3 is 1.71 bits per heavy atom. The van der Waals surface area contributed by atoms with Gasteiger partial charge in [0.2, 0.25) is 0 Å². The Hall–Kier alpha value is -1.79. The number of benzene rings is 2. The fourth-order valence-corrected chi connectivity index (χ4v) is 6.26. The zero-order valence-electron chi connectivity index (χ0n) is 19.6. The number of esters is 1. The summed E-state index contributed by atoms with van der Waals surface area (Å²) >= 11 is 3.81. The first-order valence-electron chi connectivity index (χ1n) is 10.6. The highest BCUT2D eigenvalue weighted by molar-refractivity contribution is 8.17. The van der Waals surface area contributed by atoms with Crippen molar-refractivity contribution >= 4 is 29.5 Å². The van der Waals surface area contributed by atoms with Crippen LogP contribution in [0.15, 0.2) is 48.5 Å². The van der Waals surface area contributed by atoms with Crippen LogP contribution in [0.5, 0.6) is 11.5 Å². The molecule has 0 saturated carbocycles. The zero-order chi connectivity index (χ0) is 23.1. The third kappa shape index (κ3) is 6.36. The summed E-state index contributed by atoms with van der Waals surface area (Å²) in [6.45, 7) is 11.5. The van der Waals surface area contributed by atoms with E-state index in [1.165, 1.54) is 11.1 Å². The van der Waals surface area contributed by atoms with Crippen LogP contribution < -0.4 is 9.47 Å². The van der Waals surface area contributed by atoms with E-state index in [-0.39, 0.29) is 16.2 Å². The van der Waals surface area contributed by atoms with Gasteiger partial charge in [-0.25, -0.2) is 4.79 Å². The highest BCUT2D eigenvalue weighted by Crippen LogP contribution is 2.52. The molecule has 2 aromatic carbocycles. The lowest BCUT2D eigenvalue weighted by atomic mass is 10.0. The highest BCUT2D eigenvalue weighted by atomic mass is 32.2. The molecule has 4 nitrogen and oxygen atoms in total. The fourth-order valence-electron chi connectivity index (χ4n) is 3.19. The number of thioether (sulfide) groups is 2. The van der Waals surface area contributed by atoms with Crippen molar-refractivity contribution in [3.8, 4) is 11.5 Å². The number of hydrogen-bond acceptors (Lipinski definition) is 6. The molecule has 0 N–H and O–H groups in total. The van der Waals surface area contributed by atoms with Crippen molar-refractivity contribution in [3.05, 3.63) is 59.7 Å². The molecule has 0 bridgehead atoms. The lowest BCUT2D eigenvalue weighted by Gasteiger charge is -2.34. The molecule has 0 aliphatic heterocycles. The summed E-state index contributed by atoms with van der Waals surface area (Å²) in [7, 11) is 1.68. The number of carbonyl (C=O) groups is 1. The molecule has 0 unspecified atom stereocenters. The lowest BCUT2D eigenvalue weighted by molar-refractivity contribution is -0.163. The van der Waals surface area contributed by atoms with E-state index in [9.17, 15) is 4.79 Å². The van der Waals surface area contributed by atoms with Crippen molar-refractivity contribution in [2.24, 2.45) is 0 Å². The summed E-state index contributed by atoms with van der Waals surface area (Å²) in [5.74, 6) is 3.07. The predicted molar refractivity (Wildman–Crippen MR) is 132 cm³/mol. The van der Waals surface area contributed by atoms with E-state index in [4.69, 9.17) is 14.2 Å². The van der Waals surface area contributed by atoms with Gasteiger partial charge in [-0.1, -0.05) is 38.1 Å². The number of hydrogen-bond donors (Lipinski definition) is 0. The van der Waals surface area contributed by atoms with Crippen LogP contribution in [0.1, 0.15) is 52.7 Å². The van der Waals surface area contributed by atoms with E-state index in [0.717, 1.165) is 17.3 Å². The summed E-state index contributed by atoms with van der Waals surface area (Å²) in [6, 6.07) is 16.4. The number of rotatable bonds is 11. The molecular weight excluding hydrogens is 428 g/mol. The minimum Gasteiger partial charge on any atom is -0.497 e. The topological polar surface area (TPSA) is 44.8 Å². The Bertz CT molecular complexity index is 824. The zero-order valence-corrected chi connectivity index (χ0v) is 21.2. The summed E-state index contributed by atoms with van der Waals surface area (Å²) < 4.78 is 16.4. The summed E-state index contributed by atoms with van der Waals surface area (Å²) in [4.78, 5) is 12.3. The van der Waals surface area contributed by atoms with Gasteiger partial charge in [-0.15, -0.1) is 23.5 Å². The van der Waals surface area contributed by atoms with Gasteiger partial charge in [0.1, 0.15) is 15.6 Å². The molecule has 0 amide bonds. The molecule has 31 heavy (non-hydrogen) atoms. The molecule has 0 atom stereocenters. The summed E-state index contributed by atoms with van der Waals surface area (Å²) in [6.07, 6.45) is -0.181. The van der Waals surface area contributed by atoms with Gasteiger partial charge in [0, 0.05) is 0 Å². The third-order valence-electron chi connectivity index (χ3n) is 4.61. The average Bonchev–Trinajstić information content (AvgIpc) is 2.73. The monoisotopic (exact) mass is 462 g/mol. The van der Waals surface area contributed by atoms with Gasteiger partial charge >= 0.3 is 5.97 Å². The van der Waals surface area contributed by atoms with Crippen LogP contribution in [0.3, 0.4) is 0 Å². The van der Waals surface area contributed by atoms with Crippen LogP contribution in [0.2, 0.25) is 0 Å². The Morgan fingerprint density at radius 2 is 1.32 bits per heavy atom. The Balaban J connectivity index is 2.36. The van der Waals surface area contributed by atoms with Crippen LogP contribution in [0.4, 0.5) is 0 Å². The SMILES string of the molecule is CCSC(SCC)(c1ccc(OC)cc1)c1ccc(OC(C)(C)C(=O)OC(C)C)cc1. The summed E-state index contributed by atoms with van der Waals surface area (Å²) in [5.41, 5.74) is 1.35. The Kier molecular flexibility index (Phi) is 9.19. The molecule has 0 aliphatic carbocycles. The van der Waals surface area contributed by atoms with Gasteiger partial charge in [-0.2, -0.15) is 0 Å². The van der Waals surface area contributed by atoms with E-state index in [1.54, 1.807) is 21.0 Å². The van der Waals surface area contributed by atoms with E-state index in [2.05, 4.69) is 38.1 Å². The standard InChI is InChI=1S/C25H34O4S2/c1-8-30-25(31-9-2,19-10-14-21(27-7)15-11-19)20-12-16-22(17-13-20)29-24(5,6)23(26)28-18(3)4/h10-18H,8-9H2,1-7H3. The first kappa shape index (κ1) is 25.5. The van der Waals surface area contributed by atoms with Crippen LogP contribution in [0.25, 0.3) is 0 Å². The molecule has 0 aromatic heterocycles. The van der Waals surface area contributed by atoms with E-state index in [1.807, 2.05) is 61.6 Å². The van der Waals surface area contributed by atoms with Crippen LogP contribution in [0, 0.1) is 0 Å². The first-order valence-corrected chi connectivity index (χ1v) is 12.6. The molecular formula is C25H34O4S2. The molecule has 2 rings (SSSR count). The quantitative estimate of drug-likeness (QED) is 0.280. The molecule has 0 aliphatic rings. The molecule has 0 heterocycles. The van der Waals surface area contributed by atoms with Crippen molar-refractivity contribution in [2.75, 3.05) is 18.6 Å². The van der Waals surface area contributed by atoms with Crippen molar-refractivity contribution in [1.29, 1.82) is 0 Å². The van der Waals surface area contributed by atoms with Gasteiger partial charge < -0.3 is 14.2 Å². The second-order valence-corrected chi connectivity index (χ2v) is 11.0. The lowest BCUT2D eigenvalue weighted by Crippen LogP contribution is -2.40. The summed E-state index contributed by atoms with van der Waals surface area (Å²) in [5, 5.41) is 0. The minimum absolute atomic E-state index is 0.181. The molecule has 2 aromatic rings. The maximum absolute atomic E-state index is 12.3. The van der Waals surface area contributed by atoms with Gasteiger partial charge in [0.25, 0.3) is 0 Å². The normalized spacial score (nSPS) is 12.0. The third-order valence-corrected chi connectivity index (χ3v) is 7.65. The first-order chi connectivity index (χ1) is 14.7. The fraction of sp³-hybridized carbons (Fsp3) is 0.480. The molecule has 6 heteroatoms. The average molecular weight is 463 g/mol. The maximum Gasteiger partial charge on any atom is 0.350 e. The maximum atomic E-state index is 12.3. The molecule has 170 valence electrons. The van der Waals surface area contributed by atoms with Crippen LogP contribution >= 0.6 is 23.5 Å². The Labute approximate surface area is 195 Å². The second kappa shape index (κ2) is 11.2. The van der Waals surface area contributed by atoms with Crippen molar-refractivity contribution in [1.82, 2.24) is 0 Å². The van der Waals surface area contributed by atoms with Crippen LogP contribution in [-0.4, -0.2) is 36.3 Å². The Morgan fingerprint density at radius 1 is 0.871 bits per heavy atom. The molecule has 0 fully saturated rings. The van der Waals surface area contributed by atoms with Crippen molar-refractivity contribution < 1.29 is 19.0 Å². The van der Waals surface area contributed by atoms with Gasteiger partial charge in [-0.3, -0.25) is 0 Å². The van der Waals surface area contributed by atoms with Gasteiger partial charge in [0.05, 0.1) is 13.2 Å². The number of carbonyl (C=O) groups excluding carboxylic acids is 1.